The predicted octanol–water partition coefficient (Wildman–Crippen LogP) is 2.37. The van der Waals surface area contributed by atoms with Crippen LogP contribution in [0.5, 0.6) is 0 Å². The number of pyridine rings is 1. The molecular formula is C22H22N6O3S. The SMILES string of the molecule is CS(=O)(=O)n1ccc(C(=O)NCc2nc3ccc(-c4ccc(N5CCC5)cc4)nc3[nH]2)c1. The van der Waals surface area contributed by atoms with Crippen LogP contribution in [0.2, 0.25) is 0 Å². The zero-order valence-corrected chi connectivity index (χ0v) is 18.3. The van der Waals surface area contributed by atoms with Gasteiger partial charge in [-0.2, -0.15) is 0 Å². The highest BCUT2D eigenvalue weighted by Crippen LogP contribution is 2.25. The van der Waals surface area contributed by atoms with Crippen molar-refractivity contribution in [3.63, 3.8) is 0 Å². The van der Waals surface area contributed by atoms with Crippen LogP contribution in [0.3, 0.4) is 0 Å². The second kappa shape index (κ2) is 7.79. The van der Waals surface area contributed by atoms with Crippen LogP contribution >= 0.6 is 0 Å². The van der Waals surface area contributed by atoms with Gasteiger partial charge in [-0.1, -0.05) is 12.1 Å². The number of aromatic amines is 1. The number of amides is 1. The molecule has 0 saturated carbocycles. The Morgan fingerprint density at radius 2 is 1.88 bits per heavy atom. The van der Waals surface area contributed by atoms with Gasteiger partial charge in [0.15, 0.2) is 5.65 Å². The second-order valence-electron chi connectivity index (χ2n) is 7.81. The van der Waals surface area contributed by atoms with Crippen molar-refractivity contribution in [2.45, 2.75) is 13.0 Å². The van der Waals surface area contributed by atoms with Gasteiger partial charge >= 0.3 is 0 Å². The number of carbonyl (C=O) groups excluding carboxylic acids is 1. The molecule has 0 unspecified atom stereocenters. The average Bonchev–Trinajstić information content (AvgIpc) is 3.38. The van der Waals surface area contributed by atoms with Crippen molar-refractivity contribution in [3.05, 3.63) is 66.2 Å². The van der Waals surface area contributed by atoms with Gasteiger partial charge in [-0.05, 0) is 36.8 Å². The number of nitrogens with zero attached hydrogens (tertiary/aromatic N) is 4. The van der Waals surface area contributed by atoms with E-state index in [0.29, 0.717) is 17.0 Å². The minimum absolute atomic E-state index is 0.166. The minimum atomic E-state index is -3.42. The summed E-state index contributed by atoms with van der Waals surface area (Å²) in [4.78, 5) is 27.0. The number of imidazole rings is 1. The van der Waals surface area contributed by atoms with Crippen LogP contribution in [0.25, 0.3) is 22.4 Å². The lowest BCUT2D eigenvalue weighted by Gasteiger charge is -2.33. The normalized spacial score (nSPS) is 13.8. The van der Waals surface area contributed by atoms with Crippen molar-refractivity contribution in [1.82, 2.24) is 24.2 Å². The van der Waals surface area contributed by atoms with Crippen LogP contribution < -0.4 is 10.2 Å². The van der Waals surface area contributed by atoms with Gasteiger partial charge < -0.3 is 15.2 Å². The third kappa shape index (κ3) is 3.96. The first-order chi connectivity index (χ1) is 15.4. The largest absolute Gasteiger partial charge is 0.371 e. The first-order valence-corrected chi connectivity index (χ1v) is 12.1. The molecule has 4 heterocycles. The number of hydrogen-bond donors (Lipinski definition) is 2. The molecule has 1 aliphatic heterocycles. The minimum Gasteiger partial charge on any atom is -0.371 e. The quantitative estimate of drug-likeness (QED) is 0.466. The monoisotopic (exact) mass is 450 g/mol. The molecule has 0 aliphatic carbocycles. The number of carbonyl (C=O) groups is 1. The molecule has 0 radical (unpaired) electrons. The number of rotatable bonds is 6. The van der Waals surface area contributed by atoms with Crippen molar-refractivity contribution >= 4 is 32.8 Å². The molecule has 0 atom stereocenters. The van der Waals surface area contributed by atoms with Crippen LogP contribution in [-0.2, 0) is 16.6 Å². The molecule has 3 aromatic heterocycles. The van der Waals surface area contributed by atoms with Gasteiger partial charge in [-0.3, -0.25) is 8.77 Å². The lowest BCUT2D eigenvalue weighted by Crippen LogP contribution is -2.36. The van der Waals surface area contributed by atoms with E-state index < -0.39 is 10.0 Å². The Morgan fingerprint density at radius 1 is 1.09 bits per heavy atom. The lowest BCUT2D eigenvalue weighted by atomic mass is 10.1. The van der Waals surface area contributed by atoms with Gasteiger partial charge in [0, 0.05) is 36.7 Å². The first kappa shape index (κ1) is 20.3. The molecule has 5 rings (SSSR count). The Balaban J connectivity index is 1.28. The van der Waals surface area contributed by atoms with Crippen molar-refractivity contribution in [3.8, 4) is 11.3 Å². The summed E-state index contributed by atoms with van der Waals surface area (Å²) in [6.07, 6.45) is 4.94. The van der Waals surface area contributed by atoms with Crippen LogP contribution in [0.1, 0.15) is 22.6 Å². The fourth-order valence-corrected chi connectivity index (χ4v) is 4.18. The Morgan fingerprint density at radius 3 is 2.53 bits per heavy atom. The molecule has 1 fully saturated rings. The third-order valence-electron chi connectivity index (χ3n) is 5.51. The van der Waals surface area contributed by atoms with E-state index in [1.165, 1.54) is 30.6 Å². The van der Waals surface area contributed by atoms with Crippen molar-refractivity contribution < 1.29 is 13.2 Å². The summed E-state index contributed by atoms with van der Waals surface area (Å²) in [5, 5.41) is 2.74. The highest BCUT2D eigenvalue weighted by molar-refractivity contribution is 7.89. The number of H-pyrrole nitrogens is 1. The lowest BCUT2D eigenvalue weighted by molar-refractivity contribution is 0.0950. The second-order valence-corrected chi connectivity index (χ2v) is 9.70. The molecule has 1 aliphatic rings. The molecule has 0 spiro atoms. The molecular weight excluding hydrogens is 428 g/mol. The van der Waals surface area contributed by atoms with E-state index in [-0.39, 0.29) is 18.0 Å². The van der Waals surface area contributed by atoms with Crippen LogP contribution in [0.15, 0.2) is 54.9 Å². The Hall–Kier alpha value is -3.66. The summed E-state index contributed by atoms with van der Waals surface area (Å²) in [5.41, 5.74) is 4.70. The van der Waals surface area contributed by atoms with E-state index in [9.17, 15) is 13.2 Å². The summed E-state index contributed by atoms with van der Waals surface area (Å²) < 4.78 is 24.1. The molecule has 4 aromatic rings. The number of fused-ring (bicyclic) bond motifs is 1. The average molecular weight is 451 g/mol. The number of aromatic nitrogens is 4. The Bertz CT molecular complexity index is 1400. The van der Waals surface area contributed by atoms with E-state index >= 15 is 0 Å². The highest BCUT2D eigenvalue weighted by atomic mass is 32.2. The maximum absolute atomic E-state index is 12.3. The van der Waals surface area contributed by atoms with Gasteiger partial charge in [-0.15, -0.1) is 0 Å². The highest BCUT2D eigenvalue weighted by Gasteiger charge is 2.15. The van der Waals surface area contributed by atoms with Crippen molar-refractivity contribution in [2.24, 2.45) is 0 Å². The van der Waals surface area contributed by atoms with E-state index in [1.54, 1.807) is 0 Å². The summed E-state index contributed by atoms with van der Waals surface area (Å²) in [6, 6.07) is 13.7. The number of hydrogen-bond acceptors (Lipinski definition) is 6. The van der Waals surface area contributed by atoms with Crippen LogP contribution in [0, 0.1) is 0 Å². The summed E-state index contributed by atoms with van der Waals surface area (Å²) in [7, 11) is -3.42. The predicted molar refractivity (Wildman–Crippen MR) is 122 cm³/mol. The van der Waals surface area contributed by atoms with Gasteiger partial charge in [0.25, 0.3) is 5.91 Å². The molecule has 2 N–H and O–H groups in total. The standard InChI is InChI=1S/C22H22N6O3S/c1-32(30,31)28-12-9-16(14-28)22(29)23-13-20-24-19-8-7-18(25-21(19)26-20)15-3-5-17(6-4-15)27-10-2-11-27/h3-9,12,14H,2,10-11,13H2,1H3,(H,23,29)(H,24,25,26). The molecule has 0 bridgehead atoms. The van der Waals surface area contributed by atoms with Crippen LogP contribution in [-0.4, -0.2) is 52.6 Å². The maximum atomic E-state index is 12.3. The number of anilines is 1. The number of nitrogens with one attached hydrogen (secondary N) is 2. The zero-order valence-electron chi connectivity index (χ0n) is 17.4. The molecule has 1 saturated heterocycles. The summed E-state index contributed by atoms with van der Waals surface area (Å²) >= 11 is 0. The number of benzene rings is 1. The Labute approximate surface area is 185 Å². The molecule has 164 valence electrons. The van der Waals surface area contributed by atoms with Crippen LogP contribution in [0.4, 0.5) is 5.69 Å². The molecule has 1 amide bonds. The topological polar surface area (TPSA) is 113 Å². The van der Waals surface area contributed by atoms with Gasteiger partial charge in [0.05, 0.1) is 24.1 Å². The molecule has 9 nitrogen and oxygen atoms in total. The Kier molecular flexibility index (Phi) is 4.93. The smallest absolute Gasteiger partial charge is 0.253 e. The first-order valence-electron chi connectivity index (χ1n) is 10.2. The zero-order chi connectivity index (χ0) is 22.3. The maximum Gasteiger partial charge on any atom is 0.253 e. The third-order valence-corrected chi connectivity index (χ3v) is 6.50. The molecule has 1 aromatic carbocycles. The van der Waals surface area contributed by atoms with Crippen molar-refractivity contribution in [2.75, 3.05) is 24.2 Å². The van der Waals surface area contributed by atoms with Gasteiger partial charge in [-0.25, -0.2) is 18.4 Å². The van der Waals surface area contributed by atoms with E-state index in [1.807, 2.05) is 12.1 Å². The van der Waals surface area contributed by atoms with E-state index in [2.05, 4.69) is 49.4 Å². The molecule has 10 heteroatoms. The summed E-state index contributed by atoms with van der Waals surface area (Å²) in [5.74, 6) is 0.178. The van der Waals surface area contributed by atoms with E-state index in [0.717, 1.165) is 34.6 Å². The molecule has 32 heavy (non-hydrogen) atoms. The fourth-order valence-electron chi connectivity index (χ4n) is 3.59. The van der Waals surface area contributed by atoms with E-state index in [4.69, 9.17) is 0 Å². The van der Waals surface area contributed by atoms with Crippen molar-refractivity contribution in [1.29, 1.82) is 0 Å². The van der Waals surface area contributed by atoms with Gasteiger partial charge in [0.2, 0.25) is 10.0 Å². The fraction of sp³-hybridized carbons (Fsp3) is 0.227. The summed E-state index contributed by atoms with van der Waals surface area (Å²) in [6.45, 7) is 2.39. The van der Waals surface area contributed by atoms with Gasteiger partial charge in [0.1, 0.15) is 11.3 Å².